The molecule has 0 spiro atoms. The topological polar surface area (TPSA) is 0 Å². The third-order valence-electron chi connectivity index (χ3n) is 0.667. The summed E-state index contributed by atoms with van der Waals surface area (Å²) in [5, 5.41) is 0. The lowest BCUT2D eigenvalue weighted by molar-refractivity contribution is 1.50. The summed E-state index contributed by atoms with van der Waals surface area (Å²) < 4.78 is 0. The number of rotatable bonds is 0. The lowest BCUT2D eigenvalue weighted by Crippen LogP contribution is -1.47. The molecule has 0 atom stereocenters. The van der Waals surface area contributed by atoms with Crippen LogP contribution in [0.2, 0.25) is 0 Å². The molecule has 0 aromatic heterocycles. The highest BCUT2D eigenvalue weighted by atomic mass is 13.6. The second-order valence-corrected chi connectivity index (χ2v) is 1.15. The predicted octanol–water partition coefficient (Wildman–Crippen LogP) is 4.38. The molecule has 66 valence electrons. The minimum absolute atomic E-state index is 0. The smallest absolute Gasteiger partial charge is 0.0623 e. The van der Waals surface area contributed by atoms with Crippen molar-refractivity contribution >= 4 is 0 Å². The Bertz CT molecular complexity index is 72.0. The number of hydrogen-bond donors (Lipinski definition) is 0. The molecule has 0 nitrogen and oxygen atoms in total. The van der Waals surface area contributed by atoms with Gasteiger partial charge in [0.25, 0.3) is 0 Å². The van der Waals surface area contributed by atoms with E-state index in [1.54, 1.807) is 0 Å². The first kappa shape index (κ1) is 16.7. The van der Waals surface area contributed by atoms with Crippen LogP contribution in [0.1, 0.15) is 35.1 Å². The first-order chi connectivity index (χ1) is 5.00. The summed E-state index contributed by atoms with van der Waals surface area (Å²) in [6.45, 7) is 8.00. The average Bonchev–Trinajstić information content (AvgIpc) is 2.14. The van der Waals surface area contributed by atoms with Crippen molar-refractivity contribution in [2.24, 2.45) is 0 Å². The maximum absolute atomic E-state index is 2.00. The van der Waals surface area contributed by atoms with E-state index in [1.807, 2.05) is 64.1 Å². The third-order valence-corrected chi connectivity index (χ3v) is 0.667. The molecule has 11 heavy (non-hydrogen) atoms. The molecule has 0 saturated carbocycles. The van der Waals surface area contributed by atoms with E-state index in [9.17, 15) is 0 Å². The SMILES string of the molecule is C.CC.CC.c1ccccc1. The van der Waals surface area contributed by atoms with Crippen molar-refractivity contribution in [2.45, 2.75) is 35.1 Å². The largest absolute Gasteiger partial charge is 0.0776 e. The fourth-order valence-corrected chi connectivity index (χ4v) is 0.385. The Hall–Kier alpha value is -0.780. The minimum Gasteiger partial charge on any atom is -0.0776 e. The summed E-state index contributed by atoms with van der Waals surface area (Å²) in [4.78, 5) is 0. The zero-order valence-electron chi connectivity index (χ0n) is 7.46. The molecule has 0 unspecified atom stereocenters. The molecule has 0 bridgehead atoms. The molecule has 1 rings (SSSR count). The lowest BCUT2D eigenvalue weighted by atomic mass is 10.4. The standard InChI is InChI=1S/C6H6.2C2H6.CH4/c1-2-4-6-5-3-1;2*1-2;/h1-6H;2*1-2H3;1H4. The highest BCUT2D eigenvalue weighted by molar-refractivity contribution is 4.99. The van der Waals surface area contributed by atoms with Crippen molar-refractivity contribution in [1.82, 2.24) is 0 Å². The fourth-order valence-electron chi connectivity index (χ4n) is 0.385. The van der Waals surface area contributed by atoms with Gasteiger partial charge >= 0.3 is 0 Å². The van der Waals surface area contributed by atoms with Gasteiger partial charge in [-0.2, -0.15) is 0 Å². The first-order valence-corrected chi connectivity index (χ1v) is 4.00. The monoisotopic (exact) mass is 154 g/mol. The molecule has 0 radical (unpaired) electrons. The van der Waals surface area contributed by atoms with Gasteiger partial charge in [-0.05, 0) is 0 Å². The van der Waals surface area contributed by atoms with E-state index in [-0.39, 0.29) is 7.43 Å². The third kappa shape index (κ3) is 17.6. The Morgan fingerprint density at radius 2 is 0.545 bits per heavy atom. The Morgan fingerprint density at radius 3 is 0.636 bits per heavy atom. The van der Waals surface area contributed by atoms with E-state index in [4.69, 9.17) is 0 Å². The molecule has 0 aliphatic carbocycles. The molecule has 0 aliphatic heterocycles. The lowest BCUT2D eigenvalue weighted by Gasteiger charge is -1.69. The van der Waals surface area contributed by atoms with Gasteiger partial charge in [-0.25, -0.2) is 0 Å². The van der Waals surface area contributed by atoms with Crippen LogP contribution < -0.4 is 0 Å². The van der Waals surface area contributed by atoms with Crippen LogP contribution in [-0.4, -0.2) is 0 Å². The molecule has 0 heteroatoms. The predicted molar refractivity (Wildman–Crippen MR) is 55.9 cm³/mol. The minimum atomic E-state index is 0. The van der Waals surface area contributed by atoms with Crippen molar-refractivity contribution in [3.8, 4) is 0 Å². The summed E-state index contributed by atoms with van der Waals surface area (Å²) in [5.74, 6) is 0. The molecule has 0 fully saturated rings. The first-order valence-electron chi connectivity index (χ1n) is 4.00. The molecular formula is C11H22. The van der Waals surface area contributed by atoms with Crippen LogP contribution >= 0.6 is 0 Å². The van der Waals surface area contributed by atoms with Gasteiger partial charge in [0.1, 0.15) is 0 Å². The summed E-state index contributed by atoms with van der Waals surface area (Å²) in [5.41, 5.74) is 0. The summed E-state index contributed by atoms with van der Waals surface area (Å²) >= 11 is 0. The second kappa shape index (κ2) is 22.9. The zero-order valence-corrected chi connectivity index (χ0v) is 7.46. The molecular weight excluding hydrogens is 132 g/mol. The van der Waals surface area contributed by atoms with Crippen LogP contribution in [0.4, 0.5) is 0 Å². The van der Waals surface area contributed by atoms with E-state index in [2.05, 4.69) is 0 Å². The van der Waals surface area contributed by atoms with E-state index < -0.39 is 0 Å². The van der Waals surface area contributed by atoms with Crippen LogP contribution in [-0.2, 0) is 0 Å². The van der Waals surface area contributed by atoms with Crippen LogP contribution in [0.5, 0.6) is 0 Å². The Kier molecular flexibility index (Phi) is 34.6. The van der Waals surface area contributed by atoms with Gasteiger partial charge in [0, 0.05) is 0 Å². The van der Waals surface area contributed by atoms with Gasteiger partial charge in [-0.15, -0.1) is 0 Å². The van der Waals surface area contributed by atoms with Crippen LogP contribution in [0.3, 0.4) is 0 Å². The summed E-state index contributed by atoms with van der Waals surface area (Å²) in [6, 6.07) is 12.0. The van der Waals surface area contributed by atoms with Crippen LogP contribution in [0.15, 0.2) is 36.4 Å². The zero-order chi connectivity index (χ0) is 8.24. The van der Waals surface area contributed by atoms with E-state index >= 15 is 0 Å². The van der Waals surface area contributed by atoms with Crippen molar-refractivity contribution in [2.75, 3.05) is 0 Å². The van der Waals surface area contributed by atoms with E-state index in [1.165, 1.54) is 0 Å². The van der Waals surface area contributed by atoms with Crippen LogP contribution in [0, 0.1) is 0 Å². The maximum atomic E-state index is 2.00. The highest BCUT2D eigenvalue weighted by Crippen LogP contribution is 1.79. The molecule has 0 aliphatic rings. The van der Waals surface area contributed by atoms with Gasteiger partial charge in [-0.3, -0.25) is 0 Å². The Balaban J connectivity index is -0.000000114. The summed E-state index contributed by atoms with van der Waals surface area (Å²) in [7, 11) is 0. The van der Waals surface area contributed by atoms with E-state index in [0.29, 0.717) is 0 Å². The molecule has 0 heterocycles. The molecule has 0 amide bonds. The maximum Gasteiger partial charge on any atom is -0.0623 e. The Labute approximate surface area is 72.3 Å². The summed E-state index contributed by atoms with van der Waals surface area (Å²) in [6.07, 6.45) is 0. The molecule has 0 N–H and O–H groups in total. The number of hydrogen-bond acceptors (Lipinski definition) is 0. The second-order valence-electron chi connectivity index (χ2n) is 1.15. The van der Waals surface area contributed by atoms with Gasteiger partial charge in [0.05, 0.1) is 0 Å². The molecule has 1 aromatic carbocycles. The van der Waals surface area contributed by atoms with Crippen molar-refractivity contribution in [1.29, 1.82) is 0 Å². The van der Waals surface area contributed by atoms with Gasteiger partial charge < -0.3 is 0 Å². The highest BCUT2D eigenvalue weighted by Gasteiger charge is 1.57. The van der Waals surface area contributed by atoms with Crippen molar-refractivity contribution in [3.63, 3.8) is 0 Å². The van der Waals surface area contributed by atoms with E-state index in [0.717, 1.165) is 0 Å². The van der Waals surface area contributed by atoms with Crippen LogP contribution in [0.25, 0.3) is 0 Å². The van der Waals surface area contributed by atoms with Gasteiger partial charge in [0.2, 0.25) is 0 Å². The fraction of sp³-hybridized carbons (Fsp3) is 0.455. The van der Waals surface area contributed by atoms with Crippen molar-refractivity contribution < 1.29 is 0 Å². The average molecular weight is 154 g/mol. The van der Waals surface area contributed by atoms with Gasteiger partial charge in [0.15, 0.2) is 0 Å². The van der Waals surface area contributed by atoms with Crippen molar-refractivity contribution in [3.05, 3.63) is 36.4 Å². The molecule has 1 aromatic rings. The number of benzene rings is 1. The molecule has 0 saturated heterocycles. The quantitative estimate of drug-likeness (QED) is 0.520. The van der Waals surface area contributed by atoms with Gasteiger partial charge in [-0.1, -0.05) is 71.5 Å². The Morgan fingerprint density at radius 1 is 0.455 bits per heavy atom. The normalized spacial score (nSPS) is 5.45.